The largest absolute Gasteiger partial charge is 0.336 e. The molecule has 4 nitrogen and oxygen atoms in total. The van der Waals surface area contributed by atoms with Crippen molar-refractivity contribution in [2.24, 2.45) is 5.92 Å². The molecule has 2 aliphatic heterocycles. The van der Waals surface area contributed by atoms with Gasteiger partial charge in [0, 0.05) is 25.7 Å². The van der Waals surface area contributed by atoms with E-state index in [1.54, 1.807) is 0 Å². The summed E-state index contributed by atoms with van der Waals surface area (Å²) in [6.45, 7) is 5.90. The van der Waals surface area contributed by atoms with Crippen molar-refractivity contribution in [1.82, 2.24) is 15.5 Å². The third-order valence-corrected chi connectivity index (χ3v) is 3.19. The molecule has 2 N–H and O–H groups in total. The van der Waals surface area contributed by atoms with E-state index in [1.807, 2.05) is 4.90 Å². The standard InChI is InChI=1S/C10H19N3O/c1-8-2-3-9(6-12-8)7-13-5-4-11-10(13)14/h8-9,12H,2-7H2,1H3,(H,11,14). The van der Waals surface area contributed by atoms with Crippen molar-refractivity contribution in [2.75, 3.05) is 26.2 Å². The molecule has 14 heavy (non-hydrogen) atoms. The number of rotatable bonds is 2. The van der Waals surface area contributed by atoms with E-state index in [4.69, 9.17) is 0 Å². The third kappa shape index (κ3) is 2.18. The maximum Gasteiger partial charge on any atom is 0.317 e. The summed E-state index contributed by atoms with van der Waals surface area (Å²) in [6.07, 6.45) is 2.48. The Bertz CT molecular complexity index is 211. The quantitative estimate of drug-likeness (QED) is 0.673. The van der Waals surface area contributed by atoms with Crippen LogP contribution in [0.4, 0.5) is 4.79 Å². The number of urea groups is 1. The zero-order valence-electron chi connectivity index (χ0n) is 8.75. The number of piperidine rings is 1. The lowest BCUT2D eigenvalue weighted by Gasteiger charge is -2.30. The maximum absolute atomic E-state index is 11.3. The van der Waals surface area contributed by atoms with E-state index in [-0.39, 0.29) is 6.03 Å². The van der Waals surface area contributed by atoms with Crippen LogP contribution < -0.4 is 10.6 Å². The van der Waals surface area contributed by atoms with Crippen molar-refractivity contribution in [2.45, 2.75) is 25.8 Å². The number of nitrogens with zero attached hydrogens (tertiary/aromatic N) is 1. The summed E-state index contributed by atoms with van der Waals surface area (Å²) in [5.41, 5.74) is 0. The molecule has 2 aliphatic rings. The first-order valence-electron chi connectivity index (χ1n) is 5.52. The zero-order valence-corrected chi connectivity index (χ0v) is 8.75. The lowest BCUT2D eigenvalue weighted by molar-refractivity contribution is 0.198. The molecule has 0 aliphatic carbocycles. The minimum Gasteiger partial charge on any atom is -0.336 e. The van der Waals surface area contributed by atoms with Crippen LogP contribution in [0.3, 0.4) is 0 Å². The molecule has 0 aromatic heterocycles. The number of hydrogen-bond donors (Lipinski definition) is 2. The fraction of sp³-hybridized carbons (Fsp3) is 0.900. The van der Waals surface area contributed by atoms with Gasteiger partial charge >= 0.3 is 6.03 Å². The van der Waals surface area contributed by atoms with Crippen molar-refractivity contribution in [3.8, 4) is 0 Å². The van der Waals surface area contributed by atoms with Gasteiger partial charge in [0.25, 0.3) is 0 Å². The van der Waals surface area contributed by atoms with Crippen LogP contribution in [-0.2, 0) is 0 Å². The molecule has 4 heteroatoms. The summed E-state index contributed by atoms with van der Waals surface area (Å²) in [5.74, 6) is 0.648. The Hall–Kier alpha value is -0.770. The molecule has 80 valence electrons. The summed E-state index contributed by atoms with van der Waals surface area (Å²) in [7, 11) is 0. The molecule has 0 saturated carbocycles. The van der Waals surface area contributed by atoms with Crippen LogP contribution in [-0.4, -0.2) is 43.2 Å². The second-order valence-corrected chi connectivity index (χ2v) is 4.43. The van der Waals surface area contributed by atoms with E-state index in [1.165, 1.54) is 12.8 Å². The zero-order chi connectivity index (χ0) is 9.97. The minimum absolute atomic E-state index is 0.114. The van der Waals surface area contributed by atoms with Gasteiger partial charge in [-0.05, 0) is 32.2 Å². The van der Waals surface area contributed by atoms with Crippen molar-refractivity contribution in [1.29, 1.82) is 0 Å². The average molecular weight is 197 g/mol. The summed E-state index contributed by atoms with van der Waals surface area (Å²) in [4.78, 5) is 13.2. The molecule has 0 aromatic carbocycles. The summed E-state index contributed by atoms with van der Waals surface area (Å²) >= 11 is 0. The summed E-state index contributed by atoms with van der Waals surface area (Å²) < 4.78 is 0. The SMILES string of the molecule is CC1CCC(CN2CCNC2=O)CN1. The normalized spacial score (nSPS) is 33.2. The summed E-state index contributed by atoms with van der Waals surface area (Å²) in [5, 5.41) is 6.30. The molecule has 0 aromatic rings. The van der Waals surface area contributed by atoms with E-state index >= 15 is 0 Å². The topological polar surface area (TPSA) is 44.4 Å². The smallest absolute Gasteiger partial charge is 0.317 e. The van der Waals surface area contributed by atoms with Crippen molar-refractivity contribution < 1.29 is 4.79 Å². The molecule has 0 radical (unpaired) electrons. The average Bonchev–Trinajstić information content (AvgIpc) is 2.56. The van der Waals surface area contributed by atoms with Crippen LogP contribution in [0.1, 0.15) is 19.8 Å². The molecule has 2 unspecified atom stereocenters. The van der Waals surface area contributed by atoms with Crippen molar-refractivity contribution >= 4 is 6.03 Å². The first-order chi connectivity index (χ1) is 6.75. The highest BCUT2D eigenvalue weighted by Crippen LogP contribution is 2.16. The molecule has 2 saturated heterocycles. The Labute approximate surface area is 85.0 Å². The molecule has 2 atom stereocenters. The molecule has 2 amide bonds. The van der Waals surface area contributed by atoms with Gasteiger partial charge in [-0.15, -0.1) is 0 Å². The Morgan fingerprint density at radius 1 is 1.50 bits per heavy atom. The highest BCUT2D eigenvalue weighted by atomic mass is 16.2. The van der Waals surface area contributed by atoms with Crippen LogP contribution in [0.2, 0.25) is 0 Å². The fourth-order valence-electron chi connectivity index (χ4n) is 2.21. The molecule has 0 bridgehead atoms. The van der Waals surface area contributed by atoms with Crippen molar-refractivity contribution in [3.05, 3.63) is 0 Å². The van der Waals surface area contributed by atoms with Gasteiger partial charge in [0.2, 0.25) is 0 Å². The molecule has 2 fully saturated rings. The molecule has 2 heterocycles. The van der Waals surface area contributed by atoms with Crippen LogP contribution in [0.25, 0.3) is 0 Å². The lowest BCUT2D eigenvalue weighted by atomic mass is 9.95. The van der Waals surface area contributed by atoms with E-state index in [0.717, 1.165) is 26.2 Å². The Kier molecular flexibility index (Phi) is 2.91. The van der Waals surface area contributed by atoms with Gasteiger partial charge in [-0.1, -0.05) is 0 Å². The molecule has 2 rings (SSSR count). The number of hydrogen-bond acceptors (Lipinski definition) is 2. The second kappa shape index (κ2) is 4.17. The van der Waals surface area contributed by atoms with Crippen LogP contribution in [0.15, 0.2) is 0 Å². The monoisotopic (exact) mass is 197 g/mol. The highest BCUT2D eigenvalue weighted by Gasteiger charge is 2.25. The number of amides is 2. The van der Waals surface area contributed by atoms with Gasteiger partial charge in [-0.25, -0.2) is 4.79 Å². The van der Waals surface area contributed by atoms with E-state index in [2.05, 4.69) is 17.6 Å². The fourth-order valence-corrected chi connectivity index (χ4v) is 2.21. The lowest BCUT2D eigenvalue weighted by Crippen LogP contribution is -2.42. The number of nitrogens with one attached hydrogen (secondary N) is 2. The van der Waals surface area contributed by atoms with E-state index in [0.29, 0.717) is 12.0 Å². The van der Waals surface area contributed by atoms with Gasteiger partial charge in [0.05, 0.1) is 0 Å². The maximum atomic E-state index is 11.3. The first-order valence-corrected chi connectivity index (χ1v) is 5.52. The van der Waals surface area contributed by atoms with Gasteiger partial charge < -0.3 is 15.5 Å². The predicted octanol–water partition coefficient (Wildman–Crippen LogP) is 0.400. The minimum atomic E-state index is 0.114. The van der Waals surface area contributed by atoms with Crippen LogP contribution in [0, 0.1) is 5.92 Å². The van der Waals surface area contributed by atoms with Crippen LogP contribution in [0.5, 0.6) is 0 Å². The van der Waals surface area contributed by atoms with Crippen molar-refractivity contribution in [3.63, 3.8) is 0 Å². The molecular formula is C10H19N3O. The van der Waals surface area contributed by atoms with E-state index in [9.17, 15) is 4.79 Å². The predicted molar refractivity (Wildman–Crippen MR) is 55.2 cm³/mol. The van der Waals surface area contributed by atoms with Crippen LogP contribution >= 0.6 is 0 Å². The third-order valence-electron chi connectivity index (χ3n) is 3.19. The van der Waals surface area contributed by atoms with Gasteiger partial charge in [0.15, 0.2) is 0 Å². The number of carbonyl (C=O) groups is 1. The Morgan fingerprint density at radius 3 is 2.93 bits per heavy atom. The number of carbonyl (C=O) groups excluding carboxylic acids is 1. The Morgan fingerprint density at radius 2 is 2.36 bits per heavy atom. The second-order valence-electron chi connectivity index (χ2n) is 4.43. The van der Waals surface area contributed by atoms with Gasteiger partial charge in [-0.3, -0.25) is 0 Å². The Balaban J connectivity index is 1.77. The summed E-state index contributed by atoms with van der Waals surface area (Å²) in [6, 6.07) is 0.766. The van der Waals surface area contributed by atoms with Gasteiger partial charge in [0.1, 0.15) is 0 Å². The highest BCUT2D eigenvalue weighted by molar-refractivity contribution is 5.76. The molecule has 0 spiro atoms. The molecular weight excluding hydrogens is 178 g/mol. The first kappa shape index (κ1) is 9.77. The van der Waals surface area contributed by atoms with E-state index < -0.39 is 0 Å². The van der Waals surface area contributed by atoms with Gasteiger partial charge in [-0.2, -0.15) is 0 Å².